The average Bonchev–Trinajstić information content (AvgIpc) is 2.32. The van der Waals surface area contributed by atoms with E-state index < -0.39 is 36.3 Å². The van der Waals surface area contributed by atoms with E-state index in [-0.39, 0.29) is 11.3 Å². The van der Waals surface area contributed by atoms with Gasteiger partial charge in [0.15, 0.2) is 0 Å². The molecule has 1 aromatic rings. The van der Waals surface area contributed by atoms with Crippen molar-refractivity contribution in [3.63, 3.8) is 0 Å². The molecule has 0 fully saturated rings. The lowest BCUT2D eigenvalue weighted by molar-refractivity contribution is -0.152. The molecular weight excluding hydrogens is 307 g/mol. The molecule has 0 bridgehead atoms. The Morgan fingerprint density at radius 3 is 2.14 bits per heavy atom. The third-order valence-electron chi connectivity index (χ3n) is 2.75. The summed E-state index contributed by atoms with van der Waals surface area (Å²) in [7, 11) is 1.10. The van der Waals surface area contributed by atoms with Crippen molar-refractivity contribution in [2.75, 3.05) is 7.11 Å². The van der Waals surface area contributed by atoms with Crippen molar-refractivity contribution in [2.45, 2.75) is 51.2 Å². The highest BCUT2D eigenvalue weighted by Gasteiger charge is 2.43. The van der Waals surface area contributed by atoms with Gasteiger partial charge in [-0.05, 0) is 38.5 Å². The molecule has 1 rings (SSSR count). The molecule has 0 N–H and O–H groups in total. The van der Waals surface area contributed by atoms with E-state index in [9.17, 15) is 22.0 Å². The van der Waals surface area contributed by atoms with Gasteiger partial charge in [-0.25, -0.2) is 22.0 Å². The fourth-order valence-electron chi connectivity index (χ4n) is 1.86. The van der Waals surface area contributed by atoms with Crippen LogP contribution in [-0.4, -0.2) is 25.1 Å². The molecule has 0 aliphatic rings. The fourth-order valence-corrected chi connectivity index (χ4v) is 1.86. The molecule has 2 nitrogen and oxygen atoms in total. The van der Waals surface area contributed by atoms with E-state index in [4.69, 9.17) is 9.47 Å². The van der Waals surface area contributed by atoms with Crippen molar-refractivity contribution >= 4 is 0 Å². The molecule has 126 valence electrons. The third kappa shape index (κ3) is 5.44. The minimum absolute atomic E-state index is 0.0158. The first-order chi connectivity index (χ1) is 9.94. The van der Waals surface area contributed by atoms with E-state index in [1.165, 1.54) is 6.07 Å². The largest absolute Gasteiger partial charge is 0.488 e. The number of alkyl halides is 4. The lowest BCUT2D eigenvalue weighted by Crippen LogP contribution is -2.29. The molecule has 0 heterocycles. The van der Waals surface area contributed by atoms with Crippen LogP contribution in [0.2, 0.25) is 0 Å². The molecule has 0 amide bonds. The summed E-state index contributed by atoms with van der Waals surface area (Å²) in [6.07, 6.45) is -6.44. The van der Waals surface area contributed by atoms with Crippen LogP contribution in [0, 0.1) is 5.82 Å². The van der Waals surface area contributed by atoms with Crippen molar-refractivity contribution in [1.29, 1.82) is 0 Å². The molecule has 0 aliphatic carbocycles. The predicted molar refractivity (Wildman–Crippen MR) is 72.1 cm³/mol. The second-order valence-corrected chi connectivity index (χ2v) is 5.92. The maximum Gasteiger partial charge on any atom is 0.310 e. The van der Waals surface area contributed by atoms with Crippen LogP contribution in [0.5, 0.6) is 5.75 Å². The van der Waals surface area contributed by atoms with E-state index in [1.54, 1.807) is 20.8 Å². The first-order valence-corrected chi connectivity index (χ1v) is 6.63. The van der Waals surface area contributed by atoms with Gasteiger partial charge in [-0.15, -0.1) is 0 Å². The molecule has 22 heavy (non-hydrogen) atoms. The molecule has 0 aliphatic heterocycles. The highest BCUT2D eigenvalue weighted by molar-refractivity contribution is 5.31. The maximum atomic E-state index is 13.6. The van der Waals surface area contributed by atoms with Gasteiger partial charge in [0.2, 0.25) is 0 Å². The number of hydrogen-bond acceptors (Lipinski definition) is 2. The zero-order chi connectivity index (χ0) is 17.1. The summed E-state index contributed by atoms with van der Waals surface area (Å²) in [6.45, 7) is 5.20. The summed E-state index contributed by atoms with van der Waals surface area (Å²) in [5.74, 6) is -4.83. The van der Waals surface area contributed by atoms with Gasteiger partial charge in [0.1, 0.15) is 17.2 Å². The van der Waals surface area contributed by atoms with E-state index in [2.05, 4.69) is 0 Å². The third-order valence-corrected chi connectivity index (χ3v) is 2.75. The summed E-state index contributed by atoms with van der Waals surface area (Å²) in [5.41, 5.74) is -0.609. The lowest BCUT2D eigenvalue weighted by Gasteiger charge is -2.24. The Kier molecular flexibility index (Phi) is 5.78. The monoisotopic (exact) mass is 326 g/mol. The van der Waals surface area contributed by atoms with Crippen LogP contribution in [0.15, 0.2) is 18.2 Å². The minimum atomic E-state index is -4.22. The van der Waals surface area contributed by atoms with Gasteiger partial charge in [-0.3, -0.25) is 0 Å². The predicted octanol–water partition coefficient (Wildman–Crippen LogP) is 4.98. The van der Waals surface area contributed by atoms with Gasteiger partial charge in [0, 0.05) is 19.6 Å². The van der Waals surface area contributed by atoms with Crippen LogP contribution in [0.25, 0.3) is 0 Å². The van der Waals surface area contributed by atoms with Crippen LogP contribution in [0.1, 0.15) is 38.9 Å². The number of methoxy groups -OCH3 is 1. The van der Waals surface area contributed by atoms with E-state index in [1.807, 2.05) is 0 Å². The molecule has 0 spiro atoms. The molecule has 0 saturated carbocycles. The van der Waals surface area contributed by atoms with E-state index >= 15 is 0 Å². The number of ether oxygens (including phenoxy) is 2. The summed E-state index contributed by atoms with van der Waals surface area (Å²) in [4.78, 5) is 0. The van der Waals surface area contributed by atoms with E-state index in [0.29, 0.717) is 0 Å². The maximum absolute atomic E-state index is 13.6. The number of rotatable bonds is 6. The van der Waals surface area contributed by atoms with Crippen LogP contribution < -0.4 is 4.74 Å². The van der Waals surface area contributed by atoms with Gasteiger partial charge in [0.25, 0.3) is 0 Å². The Bertz CT molecular complexity index is 497. The van der Waals surface area contributed by atoms with Gasteiger partial charge >= 0.3 is 12.3 Å². The Hall–Kier alpha value is -1.37. The summed E-state index contributed by atoms with van der Waals surface area (Å²) < 4.78 is 74.9. The zero-order valence-corrected chi connectivity index (χ0v) is 12.8. The zero-order valence-electron chi connectivity index (χ0n) is 12.8. The van der Waals surface area contributed by atoms with Crippen molar-refractivity contribution in [3.8, 4) is 5.75 Å². The first-order valence-electron chi connectivity index (χ1n) is 6.63. The Labute approximate surface area is 126 Å². The summed E-state index contributed by atoms with van der Waals surface area (Å²) in [6, 6.07) is 3.36. The molecule has 1 aromatic carbocycles. The number of benzene rings is 1. The summed E-state index contributed by atoms with van der Waals surface area (Å²) >= 11 is 0. The molecule has 7 heteroatoms. The van der Waals surface area contributed by atoms with Crippen LogP contribution in [0.3, 0.4) is 0 Å². The molecule has 0 radical (unpaired) electrons. The molecular formula is C15H19F5O2. The SMILES string of the molecule is COC(CC(F)(F)C(F)F)c1cc(F)cc(OC(C)(C)C)c1. The van der Waals surface area contributed by atoms with Crippen molar-refractivity contribution in [2.24, 2.45) is 0 Å². The molecule has 0 aromatic heterocycles. The van der Waals surface area contributed by atoms with Crippen LogP contribution in [0.4, 0.5) is 22.0 Å². The lowest BCUT2D eigenvalue weighted by atomic mass is 10.0. The molecule has 1 atom stereocenters. The normalized spacial score (nSPS) is 14.3. The average molecular weight is 326 g/mol. The Balaban J connectivity index is 3.07. The summed E-state index contributed by atoms with van der Waals surface area (Å²) in [5, 5.41) is 0. The first kappa shape index (κ1) is 18.7. The quantitative estimate of drug-likeness (QED) is 0.686. The number of halogens is 5. The Morgan fingerprint density at radius 2 is 1.68 bits per heavy atom. The standard InChI is InChI=1S/C15H19F5O2/c1-14(2,3)22-11-6-9(5-10(16)7-11)12(21-4)8-15(19,20)13(17)18/h5-7,12-13H,8H2,1-4H3. The molecule has 0 saturated heterocycles. The van der Waals surface area contributed by atoms with Crippen LogP contribution >= 0.6 is 0 Å². The minimum Gasteiger partial charge on any atom is -0.488 e. The highest BCUT2D eigenvalue weighted by atomic mass is 19.3. The van der Waals surface area contributed by atoms with Gasteiger partial charge < -0.3 is 9.47 Å². The highest BCUT2D eigenvalue weighted by Crippen LogP contribution is 2.36. The Morgan fingerprint density at radius 1 is 1.09 bits per heavy atom. The van der Waals surface area contributed by atoms with Gasteiger partial charge in [0.05, 0.1) is 6.10 Å². The topological polar surface area (TPSA) is 18.5 Å². The van der Waals surface area contributed by atoms with Crippen LogP contribution in [-0.2, 0) is 4.74 Å². The second-order valence-electron chi connectivity index (χ2n) is 5.92. The van der Waals surface area contributed by atoms with E-state index in [0.717, 1.165) is 19.2 Å². The fraction of sp³-hybridized carbons (Fsp3) is 0.600. The van der Waals surface area contributed by atoms with Gasteiger partial charge in [-0.2, -0.15) is 0 Å². The molecule has 1 unspecified atom stereocenters. The smallest absolute Gasteiger partial charge is 0.310 e. The van der Waals surface area contributed by atoms with Gasteiger partial charge in [-0.1, -0.05) is 0 Å². The van der Waals surface area contributed by atoms with Crippen molar-refractivity contribution < 1.29 is 31.4 Å². The number of hydrogen-bond donors (Lipinski definition) is 0. The second kappa shape index (κ2) is 6.81. The van der Waals surface area contributed by atoms with Crippen molar-refractivity contribution in [3.05, 3.63) is 29.6 Å². The van der Waals surface area contributed by atoms with Crippen molar-refractivity contribution in [1.82, 2.24) is 0 Å².